The topological polar surface area (TPSA) is 68.4 Å². The van der Waals surface area contributed by atoms with E-state index in [4.69, 9.17) is 10.5 Å². The Kier molecular flexibility index (Phi) is 3.25. The highest BCUT2D eigenvalue weighted by Crippen LogP contribution is 2.26. The predicted molar refractivity (Wildman–Crippen MR) is 65.7 cm³/mol. The first-order valence-corrected chi connectivity index (χ1v) is 5.25. The van der Waals surface area contributed by atoms with E-state index in [1.165, 1.54) is 0 Å². The Morgan fingerprint density at radius 1 is 1.24 bits per heavy atom. The van der Waals surface area contributed by atoms with Crippen molar-refractivity contribution in [2.45, 2.75) is 6.10 Å². The fraction of sp³-hybridized carbons (Fsp3) is 0.154. The lowest BCUT2D eigenvalue weighted by molar-refractivity contribution is 0.220. The molecule has 1 heterocycles. The second-order valence-corrected chi connectivity index (χ2v) is 3.65. The number of nitrogen functional groups attached to an aromatic ring is 1. The summed E-state index contributed by atoms with van der Waals surface area (Å²) in [4.78, 5) is 3.95. The lowest BCUT2D eigenvalue weighted by Gasteiger charge is -2.13. The third kappa shape index (κ3) is 2.37. The van der Waals surface area contributed by atoms with Gasteiger partial charge in [0.05, 0.1) is 7.11 Å². The molecule has 0 saturated carbocycles. The molecule has 1 atom stereocenters. The lowest BCUT2D eigenvalue weighted by Crippen LogP contribution is -2.05. The van der Waals surface area contributed by atoms with Gasteiger partial charge in [-0.3, -0.25) is 0 Å². The molecule has 1 aromatic carbocycles. The normalized spacial score (nSPS) is 12.1. The molecule has 4 heteroatoms. The zero-order valence-electron chi connectivity index (χ0n) is 9.50. The van der Waals surface area contributed by atoms with Crippen molar-refractivity contribution in [2.75, 3.05) is 12.8 Å². The smallest absolute Gasteiger partial charge is 0.129 e. The van der Waals surface area contributed by atoms with Gasteiger partial charge in [-0.1, -0.05) is 18.2 Å². The van der Waals surface area contributed by atoms with Crippen molar-refractivity contribution in [3.63, 3.8) is 0 Å². The molecule has 0 amide bonds. The number of ether oxygens (including phenoxy) is 1. The van der Waals surface area contributed by atoms with Gasteiger partial charge in [0.25, 0.3) is 0 Å². The van der Waals surface area contributed by atoms with E-state index >= 15 is 0 Å². The summed E-state index contributed by atoms with van der Waals surface area (Å²) >= 11 is 0. The van der Waals surface area contributed by atoms with Crippen LogP contribution in [0.1, 0.15) is 17.2 Å². The molecule has 17 heavy (non-hydrogen) atoms. The van der Waals surface area contributed by atoms with Crippen molar-refractivity contribution in [1.29, 1.82) is 0 Å². The summed E-state index contributed by atoms with van der Waals surface area (Å²) in [5.74, 6) is 1.09. The van der Waals surface area contributed by atoms with Crippen molar-refractivity contribution in [2.24, 2.45) is 0 Å². The quantitative estimate of drug-likeness (QED) is 0.843. The molecule has 0 spiro atoms. The molecule has 0 fully saturated rings. The Morgan fingerprint density at radius 3 is 2.53 bits per heavy atom. The maximum atomic E-state index is 10.2. The fourth-order valence-corrected chi connectivity index (χ4v) is 1.63. The van der Waals surface area contributed by atoms with Crippen LogP contribution in [0, 0.1) is 0 Å². The van der Waals surface area contributed by atoms with Gasteiger partial charge in [0.2, 0.25) is 0 Å². The molecule has 4 nitrogen and oxygen atoms in total. The summed E-state index contributed by atoms with van der Waals surface area (Å²) < 4.78 is 5.06. The van der Waals surface area contributed by atoms with Crippen LogP contribution < -0.4 is 10.5 Å². The maximum Gasteiger partial charge on any atom is 0.129 e. The number of nitrogens with zero attached hydrogens (tertiary/aromatic N) is 1. The molecule has 0 aliphatic rings. The molecule has 1 unspecified atom stereocenters. The van der Waals surface area contributed by atoms with Crippen LogP contribution in [0.25, 0.3) is 0 Å². The van der Waals surface area contributed by atoms with Gasteiger partial charge in [-0.15, -0.1) is 0 Å². The molecule has 2 aromatic rings. The van der Waals surface area contributed by atoms with Gasteiger partial charge in [-0.05, 0) is 23.8 Å². The van der Waals surface area contributed by atoms with E-state index in [1.54, 1.807) is 49.7 Å². The fourth-order valence-electron chi connectivity index (χ4n) is 1.63. The molecule has 2 rings (SSSR count). The van der Waals surface area contributed by atoms with Gasteiger partial charge in [0, 0.05) is 11.8 Å². The summed E-state index contributed by atoms with van der Waals surface area (Å²) in [7, 11) is 1.60. The molecule has 0 aliphatic carbocycles. The van der Waals surface area contributed by atoms with Gasteiger partial charge in [0.15, 0.2) is 0 Å². The van der Waals surface area contributed by atoms with E-state index < -0.39 is 6.10 Å². The summed E-state index contributed by atoms with van der Waals surface area (Å²) in [6.07, 6.45) is 0.828. The second-order valence-electron chi connectivity index (χ2n) is 3.65. The van der Waals surface area contributed by atoms with Crippen LogP contribution in [0.4, 0.5) is 5.82 Å². The Balaban J connectivity index is 2.30. The van der Waals surface area contributed by atoms with E-state index in [-0.39, 0.29) is 0 Å². The van der Waals surface area contributed by atoms with Crippen LogP contribution in [0.3, 0.4) is 0 Å². The standard InChI is InChI=1S/C13H14N2O2/c1-17-10-6-4-9(5-7-10)12(16)11-3-2-8-15-13(11)14/h2-8,12,16H,1H3,(H2,14,15). The Bertz CT molecular complexity index is 497. The van der Waals surface area contributed by atoms with Crippen LogP contribution in [-0.4, -0.2) is 17.2 Å². The summed E-state index contributed by atoms with van der Waals surface area (Å²) in [5.41, 5.74) is 7.08. The van der Waals surface area contributed by atoms with Gasteiger partial charge >= 0.3 is 0 Å². The van der Waals surface area contributed by atoms with Gasteiger partial charge < -0.3 is 15.6 Å². The second kappa shape index (κ2) is 4.84. The van der Waals surface area contributed by atoms with Crippen molar-refractivity contribution < 1.29 is 9.84 Å². The number of anilines is 1. The zero-order chi connectivity index (χ0) is 12.3. The number of aromatic nitrogens is 1. The van der Waals surface area contributed by atoms with E-state index in [2.05, 4.69) is 4.98 Å². The molecule has 0 aliphatic heterocycles. The molecule has 0 bridgehead atoms. The molecular weight excluding hydrogens is 216 g/mol. The molecule has 88 valence electrons. The minimum atomic E-state index is -0.769. The van der Waals surface area contributed by atoms with Crippen molar-refractivity contribution in [1.82, 2.24) is 4.98 Å². The SMILES string of the molecule is COc1ccc(C(O)c2cccnc2N)cc1. The van der Waals surface area contributed by atoms with Gasteiger partial charge in [0.1, 0.15) is 17.7 Å². The highest BCUT2D eigenvalue weighted by Gasteiger charge is 2.13. The van der Waals surface area contributed by atoms with Crippen LogP contribution >= 0.6 is 0 Å². The third-order valence-electron chi connectivity index (χ3n) is 2.60. The summed E-state index contributed by atoms with van der Waals surface area (Å²) in [6, 6.07) is 10.7. The Hall–Kier alpha value is -2.07. The molecule has 0 radical (unpaired) electrons. The predicted octanol–water partition coefficient (Wildman–Crippen LogP) is 1.75. The average Bonchev–Trinajstić information content (AvgIpc) is 2.39. The Labute approximate surface area is 99.7 Å². The lowest BCUT2D eigenvalue weighted by atomic mass is 10.0. The van der Waals surface area contributed by atoms with Crippen LogP contribution in [0.2, 0.25) is 0 Å². The van der Waals surface area contributed by atoms with E-state index in [9.17, 15) is 5.11 Å². The number of hydrogen-bond acceptors (Lipinski definition) is 4. The van der Waals surface area contributed by atoms with Crippen molar-refractivity contribution in [3.8, 4) is 5.75 Å². The number of methoxy groups -OCH3 is 1. The number of aliphatic hydroxyl groups is 1. The average molecular weight is 230 g/mol. The van der Waals surface area contributed by atoms with Crippen LogP contribution in [0.15, 0.2) is 42.6 Å². The highest BCUT2D eigenvalue weighted by atomic mass is 16.5. The minimum absolute atomic E-state index is 0.343. The van der Waals surface area contributed by atoms with Crippen LogP contribution in [-0.2, 0) is 0 Å². The molecule has 0 saturated heterocycles. The first-order chi connectivity index (χ1) is 8.22. The third-order valence-corrected chi connectivity index (χ3v) is 2.60. The number of aliphatic hydroxyl groups excluding tert-OH is 1. The number of rotatable bonds is 3. The monoisotopic (exact) mass is 230 g/mol. The zero-order valence-corrected chi connectivity index (χ0v) is 9.50. The maximum absolute atomic E-state index is 10.2. The number of hydrogen-bond donors (Lipinski definition) is 2. The first kappa shape index (κ1) is 11.4. The molecule has 1 aromatic heterocycles. The van der Waals surface area contributed by atoms with Gasteiger partial charge in [-0.2, -0.15) is 0 Å². The van der Waals surface area contributed by atoms with E-state index in [0.29, 0.717) is 11.4 Å². The van der Waals surface area contributed by atoms with E-state index in [0.717, 1.165) is 11.3 Å². The minimum Gasteiger partial charge on any atom is -0.497 e. The Morgan fingerprint density at radius 2 is 1.94 bits per heavy atom. The largest absolute Gasteiger partial charge is 0.497 e. The van der Waals surface area contributed by atoms with Crippen molar-refractivity contribution in [3.05, 3.63) is 53.7 Å². The summed E-state index contributed by atoms with van der Waals surface area (Å²) in [5, 5.41) is 10.2. The number of nitrogens with two attached hydrogens (primary N) is 1. The van der Waals surface area contributed by atoms with Crippen LogP contribution in [0.5, 0.6) is 5.75 Å². The first-order valence-electron chi connectivity index (χ1n) is 5.25. The van der Waals surface area contributed by atoms with Crippen molar-refractivity contribution >= 4 is 5.82 Å². The van der Waals surface area contributed by atoms with Gasteiger partial charge in [-0.25, -0.2) is 4.98 Å². The highest BCUT2D eigenvalue weighted by molar-refractivity contribution is 5.44. The number of benzene rings is 1. The summed E-state index contributed by atoms with van der Waals surface area (Å²) in [6.45, 7) is 0. The molecular formula is C13H14N2O2. The number of pyridine rings is 1. The molecule has 3 N–H and O–H groups in total. The van der Waals surface area contributed by atoms with E-state index in [1.807, 2.05) is 0 Å².